The molecule has 1 amide bonds. The fourth-order valence-electron chi connectivity index (χ4n) is 3.25. The van der Waals surface area contributed by atoms with Crippen molar-refractivity contribution in [3.63, 3.8) is 0 Å². The normalized spacial score (nSPS) is 16.1. The maximum atomic E-state index is 12.6. The second-order valence-corrected chi connectivity index (χ2v) is 6.46. The summed E-state index contributed by atoms with van der Waals surface area (Å²) in [6, 6.07) is 11.9. The van der Waals surface area contributed by atoms with Gasteiger partial charge in [-0.25, -0.2) is 4.98 Å². The highest BCUT2D eigenvalue weighted by Gasteiger charge is 2.22. The number of benzene rings is 1. The number of amides is 1. The molecule has 1 N–H and O–H groups in total. The van der Waals surface area contributed by atoms with Crippen LogP contribution in [-0.4, -0.2) is 31.3 Å². The molecule has 0 fully saturated rings. The molecule has 0 aliphatic carbocycles. The number of aromatic nitrogens is 4. The van der Waals surface area contributed by atoms with E-state index in [2.05, 4.69) is 20.0 Å². The van der Waals surface area contributed by atoms with Gasteiger partial charge in [0.15, 0.2) is 0 Å². The first-order valence-electron chi connectivity index (χ1n) is 8.59. The highest BCUT2D eigenvalue weighted by molar-refractivity contribution is 5.92. The second kappa shape index (κ2) is 6.59. The topological polar surface area (TPSA) is 81.8 Å². The average molecular weight is 349 g/mol. The van der Waals surface area contributed by atoms with E-state index in [0.717, 1.165) is 24.4 Å². The molecule has 1 atom stereocenters. The third-order valence-corrected chi connectivity index (χ3v) is 4.48. The van der Waals surface area contributed by atoms with Crippen molar-refractivity contribution >= 4 is 5.91 Å². The minimum atomic E-state index is -0.278. The van der Waals surface area contributed by atoms with Crippen molar-refractivity contribution in [1.82, 2.24) is 24.6 Å². The van der Waals surface area contributed by atoms with E-state index in [1.165, 1.54) is 16.8 Å². The monoisotopic (exact) mass is 349 g/mol. The number of carbonyl (C=O) groups excluding carboxylic acids is 1. The zero-order chi connectivity index (χ0) is 18.1. The van der Waals surface area contributed by atoms with E-state index >= 15 is 0 Å². The summed E-state index contributed by atoms with van der Waals surface area (Å²) in [5.74, 6) is 0.781. The molecule has 0 radical (unpaired) electrons. The maximum absolute atomic E-state index is 12.6. The largest absolute Gasteiger partial charge is 0.346 e. The molecule has 0 unspecified atom stereocenters. The highest BCUT2D eigenvalue weighted by Crippen LogP contribution is 2.15. The van der Waals surface area contributed by atoms with Gasteiger partial charge in [-0.15, -0.1) is 0 Å². The standard InChI is InChI=1S/C19H19N5O2/c1-13-11-23-12-14(7-9-17(23)20-13)21-19(26)16-8-10-18(25)24(22-16)15-5-3-2-4-6-15/h2-6,8,10-11,14H,7,9,12H2,1H3,(H,21,26)/t14-/m0/s1. The molecule has 1 aromatic carbocycles. The fraction of sp³-hybridized carbons (Fsp3) is 0.263. The van der Waals surface area contributed by atoms with Crippen LogP contribution in [0.25, 0.3) is 5.69 Å². The summed E-state index contributed by atoms with van der Waals surface area (Å²) < 4.78 is 3.33. The Balaban J connectivity index is 1.53. The first-order valence-corrected chi connectivity index (χ1v) is 8.59. The molecule has 4 rings (SSSR count). The summed E-state index contributed by atoms with van der Waals surface area (Å²) in [5.41, 5.74) is 1.57. The van der Waals surface area contributed by atoms with Crippen molar-refractivity contribution in [2.75, 3.05) is 0 Å². The molecule has 7 heteroatoms. The Kier molecular flexibility index (Phi) is 4.12. The quantitative estimate of drug-likeness (QED) is 0.777. The number of nitrogens with one attached hydrogen (secondary N) is 1. The Morgan fingerprint density at radius 3 is 2.81 bits per heavy atom. The van der Waals surface area contributed by atoms with Crippen molar-refractivity contribution in [3.8, 4) is 5.69 Å². The van der Waals surface area contributed by atoms with Crippen LogP contribution in [0.15, 0.2) is 53.5 Å². The number of aryl methyl sites for hydroxylation is 2. The highest BCUT2D eigenvalue weighted by atomic mass is 16.2. The molecule has 132 valence electrons. The van der Waals surface area contributed by atoms with Crippen LogP contribution in [0.2, 0.25) is 0 Å². The minimum absolute atomic E-state index is 0.0162. The molecule has 1 aliphatic rings. The average Bonchev–Trinajstić information content (AvgIpc) is 3.02. The molecule has 0 saturated heterocycles. The number of fused-ring (bicyclic) bond motifs is 1. The lowest BCUT2D eigenvalue weighted by molar-refractivity contribution is 0.0920. The van der Waals surface area contributed by atoms with Crippen molar-refractivity contribution in [3.05, 3.63) is 76.2 Å². The van der Waals surface area contributed by atoms with E-state index in [-0.39, 0.29) is 23.2 Å². The minimum Gasteiger partial charge on any atom is -0.346 e. The Bertz CT molecular complexity index is 1010. The van der Waals surface area contributed by atoms with Gasteiger partial charge in [0.1, 0.15) is 11.5 Å². The summed E-state index contributed by atoms with van der Waals surface area (Å²) in [4.78, 5) is 29.2. The molecule has 3 aromatic rings. The Labute approximate surface area is 150 Å². The zero-order valence-electron chi connectivity index (χ0n) is 14.4. The van der Waals surface area contributed by atoms with Gasteiger partial charge in [0.25, 0.3) is 11.5 Å². The van der Waals surface area contributed by atoms with Crippen LogP contribution in [-0.2, 0) is 13.0 Å². The van der Waals surface area contributed by atoms with Crippen LogP contribution in [0.4, 0.5) is 0 Å². The van der Waals surface area contributed by atoms with E-state index in [4.69, 9.17) is 0 Å². The third-order valence-electron chi connectivity index (χ3n) is 4.48. The molecule has 0 spiro atoms. The number of para-hydroxylation sites is 1. The molecule has 1 aliphatic heterocycles. The van der Waals surface area contributed by atoms with Gasteiger partial charge in [0.05, 0.1) is 11.4 Å². The summed E-state index contributed by atoms with van der Waals surface area (Å²) in [6.45, 7) is 2.66. The Hall–Kier alpha value is -3.22. The molecular weight excluding hydrogens is 330 g/mol. The number of hydrogen-bond donors (Lipinski definition) is 1. The van der Waals surface area contributed by atoms with Crippen molar-refractivity contribution in [1.29, 1.82) is 0 Å². The number of carbonyl (C=O) groups is 1. The van der Waals surface area contributed by atoms with Crippen LogP contribution < -0.4 is 10.9 Å². The predicted molar refractivity (Wildman–Crippen MR) is 96.4 cm³/mol. The molecule has 2 aromatic heterocycles. The van der Waals surface area contributed by atoms with Crippen LogP contribution >= 0.6 is 0 Å². The summed E-state index contributed by atoms with van der Waals surface area (Å²) in [5, 5.41) is 7.25. The van der Waals surface area contributed by atoms with Crippen molar-refractivity contribution in [2.24, 2.45) is 0 Å². The van der Waals surface area contributed by atoms with Gasteiger partial charge in [0.2, 0.25) is 0 Å². The predicted octanol–water partition coefficient (Wildman–Crippen LogP) is 1.48. The second-order valence-electron chi connectivity index (χ2n) is 6.46. The van der Waals surface area contributed by atoms with Crippen LogP contribution in [0.3, 0.4) is 0 Å². The van der Waals surface area contributed by atoms with Gasteiger partial charge in [-0.2, -0.15) is 9.78 Å². The van der Waals surface area contributed by atoms with E-state index in [1.54, 1.807) is 12.1 Å². The molecule has 7 nitrogen and oxygen atoms in total. The lowest BCUT2D eigenvalue weighted by atomic mass is 10.1. The molecule has 26 heavy (non-hydrogen) atoms. The number of imidazole rings is 1. The van der Waals surface area contributed by atoms with Crippen molar-refractivity contribution in [2.45, 2.75) is 32.4 Å². The Morgan fingerprint density at radius 2 is 2.00 bits per heavy atom. The van der Waals surface area contributed by atoms with Gasteiger partial charge in [-0.1, -0.05) is 18.2 Å². The Morgan fingerprint density at radius 1 is 1.19 bits per heavy atom. The van der Waals surface area contributed by atoms with E-state index in [1.807, 2.05) is 31.3 Å². The van der Waals surface area contributed by atoms with Gasteiger partial charge in [0, 0.05) is 31.3 Å². The van der Waals surface area contributed by atoms with Crippen LogP contribution in [0.5, 0.6) is 0 Å². The first-order chi connectivity index (χ1) is 12.6. The van der Waals surface area contributed by atoms with Crippen LogP contribution in [0, 0.1) is 6.92 Å². The van der Waals surface area contributed by atoms with Gasteiger partial charge >= 0.3 is 0 Å². The lowest BCUT2D eigenvalue weighted by Crippen LogP contribution is -2.41. The smallest absolute Gasteiger partial charge is 0.272 e. The molecule has 0 saturated carbocycles. The van der Waals surface area contributed by atoms with Gasteiger partial charge < -0.3 is 9.88 Å². The van der Waals surface area contributed by atoms with E-state index < -0.39 is 0 Å². The maximum Gasteiger partial charge on any atom is 0.272 e. The van der Waals surface area contributed by atoms with Crippen molar-refractivity contribution < 1.29 is 4.79 Å². The van der Waals surface area contributed by atoms with E-state index in [9.17, 15) is 9.59 Å². The lowest BCUT2D eigenvalue weighted by Gasteiger charge is -2.24. The molecular formula is C19H19N5O2. The van der Waals surface area contributed by atoms with Crippen LogP contribution in [0.1, 0.15) is 28.4 Å². The fourth-order valence-corrected chi connectivity index (χ4v) is 3.25. The third kappa shape index (κ3) is 3.15. The number of nitrogens with zero attached hydrogens (tertiary/aromatic N) is 4. The summed E-state index contributed by atoms with van der Waals surface area (Å²) >= 11 is 0. The van der Waals surface area contributed by atoms with E-state index in [0.29, 0.717) is 12.2 Å². The first kappa shape index (κ1) is 16.3. The SMILES string of the molecule is Cc1cn2c(n1)CC[C@H](NC(=O)c1ccc(=O)n(-c3ccccc3)n1)C2. The molecule has 0 bridgehead atoms. The zero-order valence-corrected chi connectivity index (χ0v) is 14.4. The number of rotatable bonds is 3. The van der Waals surface area contributed by atoms with Gasteiger partial charge in [-0.05, 0) is 31.5 Å². The summed E-state index contributed by atoms with van der Waals surface area (Å²) in [6.07, 6.45) is 3.66. The molecule has 3 heterocycles. The number of hydrogen-bond acceptors (Lipinski definition) is 4. The van der Waals surface area contributed by atoms with Gasteiger partial charge in [-0.3, -0.25) is 9.59 Å². The summed E-state index contributed by atoms with van der Waals surface area (Å²) in [7, 11) is 0.